The summed E-state index contributed by atoms with van der Waals surface area (Å²) < 4.78 is 9.39. The van der Waals surface area contributed by atoms with Crippen molar-refractivity contribution in [1.82, 2.24) is 0 Å². The molecule has 178 valence electrons. The van der Waals surface area contributed by atoms with E-state index in [2.05, 4.69) is 56.4 Å². The van der Waals surface area contributed by atoms with Crippen LogP contribution in [0.3, 0.4) is 0 Å². The smallest absolute Gasteiger partial charge is 0.409 e. The summed E-state index contributed by atoms with van der Waals surface area (Å²) in [5, 5.41) is 9.49. The van der Waals surface area contributed by atoms with Crippen LogP contribution in [0.2, 0.25) is 0 Å². The molecule has 0 unspecified atom stereocenters. The molecule has 2 aromatic heterocycles. The van der Waals surface area contributed by atoms with E-state index in [1.807, 2.05) is 61.0 Å². The predicted octanol–water partition coefficient (Wildman–Crippen LogP) is 5.63. The molecule has 4 rings (SSSR count). The Labute approximate surface area is 209 Å². The van der Waals surface area contributed by atoms with E-state index in [1.165, 1.54) is 11.3 Å². The van der Waals surface area contributed by atoms with Crippen molar-refractivity contribution in [1.29, 1.82) is 0 Å². The standard InChI is InChI=1S/C27H29N5O2S/c1-20-26(21(2)33)35-27(30(20)3)29-28-22-8-10-23(11-9-22)32(19-18-31-16-6-5-7-17-31)24-12-14-25(34-4)15-13-24/h5-17H,18-19H2,1-4H3/q+2. The normalized spacial score (nSPS) is 11.1. The maximum Gasteiger partial charge on any atom is 0.409 e. The fourth-order valence-electron chi connectivity index (χ4n) is 3.71. The highest BCUT2D eigenvalue weighted by Crippen LogP contribution is 2.30. The lowest BCUT2D eigenvalue weighted by Crippen LogP contribution is -2.38. The Morgan fingerprint density at radius 2 is 1.60 bits per heavy atom. The zero-order chi connectivity index (χ0) is 24.8. The quantitative estimate of drug-likeness (QED) is 0.175. The van der Waals surface area contributed by atoms with Gasteiger partial charge in [-0.2, -0.15) is 0 Å². The van der Waals surface area contributed by atoms with Crippen molar-refractivity contribution in [3.63, 3.8) is 0 Å². The van der Waals surface area contributed by atoms with E-state index in [0.29, 0.717) is 10.0 Å². The van der Waals surface area contributed by atoms with Gasteiger partial charge in [0.05, 0.1) is 25.8 Å². The number of methoxy groups -OCH3 is 1. The van der Waals surface area contributed by atoms with E-state index in [-0.39, 0.29) is 5.78 Å². The summed E-state index contributed by atoms with van der Waals surface area (Å²) >= 11 is 1.36. The van der Waals surface area contributed by atoms with Crippen LogP contribution in [0.15, 0.2) is 89.4 Å². The molecule has 4 aromatic rings. The molecule has 0 atom stereocenters. The number of carbonyl (C=O) groups excluding carboxylic acids is 1. The number of azo groups is 1. The van der Waals surface area contributed by atoms with E-state index in [9.17, 15) is 4.79 Å². The summed E-state index contributed by atoms with van der Waals surface area (Å²) in [6.45, 7) is 5.12. The average molecular weight is 488 g/mol. The number of ether oxygens (including phenoxy) is 1. The Morgan fingerprint density at radius 3 is 2.17 bits per heavy atom. The molecule has 0 aliphatic carbocycles. The van der Waals surface area contributed by atoms with E-state index in [4.69, 9.17) is 4.74 Å². The molecule has 2 heterocycles. The van der Waals surface area contributed by atoms with E-state index in [0.717, 1.165) is 41.6 Å². The molecule has 35 heavy (non-hydrogen) atoms. The van der Waals surface area contributed by atoms with Gasteiger partial charge in [0, 0.05) is 30.4 Å². The topological polar surface area (TPSA) is 62.0 Å². The Balaban J connectivity index is 1.56. The Morgan fingerprint density at radius 1 is 0.971 bits per heavy atom. The van der Waals surface area contributed by atoms with E-state index in [1.54, 1.807) is 14.0 Å². The molecule has 0 N–H and O–H groups in total. The molecule has 0 aliphatic heterocycles. The first kappa shape index (κ1) is 24.2. The van der Waals surface area contributed by atoms with Gasteiger partial charge in [-0.05, 0) is 71.9 Å². The number of thiazole rings is 1. The van der Waals surface area contributed by atoms with Gasteiger partial charge < -0.3 is 9.64 Å². The molecular weight excluding hydrogens is 458 g/mol. The molecular formula is C27H29N5O2S+2. The Hall–Kier alpha value is -3.91. The van der Waals surface area contributed by atoms with Crippen LogP contribution in [0.4, 0.5) is 22.2 Å². The number of carbonyl (C=O) groups is 1. The number of hydrogen-bond acceptors (Lipinski definition) is 6. The summed E-state index contributed by atoms with van der Waals surface area (Å²) in [6, 6.07) is 22.2. The van der Waals surface area contributed by atoms with E-state index >= 15 is 0 Å². The zero-order valence-electron chi connectivity index (χ0n) is 20.4. The van der Waals surface area contributed by atoms with Gasteiger partial charge in [0.15, 0.2) is 24.7 Å². The molecule has 0 aliphatic rings. The molecule has 0 fully saturated rings. The summed E-state index contributed by atoms with van der Waals surface area (Å²) in [6.07, 6.45) is 4.14. The summed E-state index contributed by atoms with van der Waals surface area (Å²) in [5.41, 5.74) is 3.78. The Kier molecular flexibility index (Phi) is 7.62. The van der Waals surface area contributed by atoms with E-state index < -0.39 is 0 Å². The highest BCUT2D eigenvalue weighted by Gasteiger charge is 2.21. The monoisotopic (exact) mass is 487 g/mol. The maximum absolute atomic E-state index is 11.8. The minimum absolute atomic E-state index is 0.0428. The number of nitrogens with zero attached hydrogens (tertiary/aromatic N) is 5. The molecule has 2 aromatic carbocycles. The number of Topliss-reactive ketones (excluding diaryl/α,β-unsaturated/α-hetero) is 1. The third kappa shape index (κ3) is 5.78. The fourth-order valence-corrected chi connectivity index (χ4v) is 4.68. The van der Waals surface area contributed by atoms with Gasteiger partial charge in [0.25, 0.3) is 0 Å². The van der Waals surface area contributed by atoms with Crippen LogP contribution in [-0.2, 0) is 13.6 Å². The number of aromatic nitrogens is 2. The van der Waals surface area contributed by atoms with Crippen LogP contribution in [0.5, 0.6) is 5.75 Å². The van der Waals surface area contributed by atoms with Crippen LogP contribution < -0.4 is 18.8 Å². The van der Waals surface area contributed by atoms with Gasteiger partial charge in [-0.3, -0.25) is 4.79 Å². The van der Waals surface area contributed by atoms with Crippen LogP contribution in [0, 0.1) is 6.92 Å². The first-order chi connectivity index (χ1) is 17.0. The highest BCUT2D eigenvalue weighted by molar-refractivity contribution is 7.16. The van der Waals surface area contributed by atoms with Crippen molar-refractivity contribution < 1.29 is 18.7 Å². The molecule has 0 radical (unpaired) electrons. The number of hydrogen-bond donors (Lipinski definition) is 0. The molecule has 0 spiro atoms. The molecule has 0 amide bonds. The maximum atomic E-state index is 11.8. The minimum atomic E-state index is 0.0428. The molecule has 0 bridgehead atoms. The average Bonchev–Trinajstić information content (AvgIpc) is 3.18. The first-order valence-corrected chi connectivity index (χ1v) is 12.2. The molecule has 8 heteroatoms. The number of anilines is 2. The number of pyridine rings is 1. The third-order valence-electron chi connectivity index (χ3n) is 5.79. The van der Waals surface area contributed by atoms with Crippen LogP contribution in [0.1, 0.15) is 22.3 Å². The van der Waals surface area contributed by atoms with Crippen molar-refractivity contribution in [3.8, 4) is 5.75 Å². The van der Waals surface area contributed by atoms with Gasteiger partial charge >= 0.3 is 5.13 Å². The fraction of sp³-hybridized carbons (Fsp3) is 0.222. The zero-order valence-corrected chi connectivity index (χ0v) is 21.2. The second-order valence-electron chi connectivity index (χ2n) is 8.09. The number of benzene rings is 2. The summed E-state index contributed by atoms with van der Waals surface area (Å²) in [7, 11) is 3.57. The lowest BCUT2D eigenvalue weighted by Gasteiger charge is -2.24. The van der Waals surface area contributed by atoms with Crippen LogP contribution >= 0.6 is 11.3 Å². The van der Waals surface area contributed by atoms with Crippen molar-refractivity contribution in [2.24, 2.45) is 17.3 Å². The number of rotatable bonds is 9. The van der Waals surface area contributed by atoms with Gasteiger partial charge in [-0.25, -0.2) is 9.13 Å². The SMILES string of the molecule is COc1ccc(N(CC[n+]2ccccc2)c2ccc(N=Nc3sc(C(C)=O)c(C)[n+]3C)cc2)cc1. The highest BCUT2D eigenvalue weighted by atomic mass is 32.1. The van der Waals surface area contributed by atoms with Gasteiger partial charge in [-0.15, -0.1) is 0 Å². The molecule has 0 saturated carbocycles. The van der Waals surface area contributed by atoms with Crippen LogP contribution in [0.25, 0.3) is 0 Å². The largest absolute Gasteiger partial charge is 0.497 e. The third-order valence-corrected chi connectivity index (χ3v) is 7.11. The second kappa shape index (κ2) is 11.0. The summed E-state index contributed by atoms with van der Waals surface area (Å²) in [5.74, 6) is 0.869. The van der Waals surface area contributed by atoms with Crippen molar-refractivity contribution >= 4 is 39.3 Å². The lowest BCUT2D eigenvalue weighted by atomic mass is 10.2. The van der Waals surface area contributed by atoms with Crippen molar-refractivity contribution in [2.75, 3.05) is 18.6 Å². The molecule has 0 saturated heterocycles. The predicted molar refractivity (Wildman–Crippen MR) is 137 cm³/mol. The van der Waals surface area contributed by atoms with Gasteiger partial charge in [0.1, 0.15) is 22.0 Å². The van der Waals surface area contributed by atoms with Crippen molar-refractivity contribution in [2.45, 2.75) is 20.4 Å². The van der Waals surface area contributed by atoms with Gasteiger partial charge in [0.2, 0.25) is 0 Å². The Bertz CT molecular complexity index is 1320. The lowest BCUT2D eigenvalue weighted by molar-refractivity contribution is -0.694. The second-order valence-corrected chi connectivity index (χ2v) is 9.07. The molecule has 7 nitrogen and oxygen atoms in total. The summed E-state index contributed by atoms with van der Waals surface area (Å²) in [4.78, 5) is 14.8. The van der Waals surface area contributed by atoms with Gasteiger partial charge in [-0.1, -0.05) is 6.07 Å². The van der Waals surface area contributed by atoms with Crippen molar-refractivity contribution in [3.05, 3.63) is 89.7 Å². The van der Waals surface area contributed by atoms with Crippen LogP contribution in [-0.4, -0.2) is 19.4 Å². The first-order valence-electron chi connectivity index (χ1n) is 11.3. The number of ketones is 1. The minimum Gasteiger partial charge on any atom is -0.497 e.